The zero-order chi connectivity index (χ0) is 13.0. The Kier molecular flexibility index (Phi) is 2.90. The molecular weight excluding hydrogens is 243 g/mol. The maximum Gasteiger partial charge on any atom is 0.390 e. The second-order valence-corrected chi connectivity index (χ2v) is 6.20. The molecule has 18 heavy (non-hydrogen) atoms. The van der Waals surface area contributed by atoms with Crippen molar-refractivity contribution in [3.05, 3.63) is 0 Å². The van der Waals surface area contributed by atoms with Crippen molar-refractivity contribution >= 4 is 0 Å². The molecule has 1 aliphatic heterocycles. The first kappa shape index (κ1) is 12.7. The van der Waals surface area contributed by atoms with Crippen molar-refractivity contribution < 1.29 is 17.9 Å². The molecule has 104 valence electrons. The number of nitrogens with one attached hydrogen (secondary N) is 1. The second-order valence-electron chi connectivity index (χ2n) is 6.20. The molecule has 1 spiro atoms. The standard InChI is InChI=1S/C13H20F3NO/c1-8(7-13(14,15)16)17-10-9-3-6-18-11(9)12(10)4-2-5-12/h8-11,17H,2-7H2,1H3. The van der Waals surface area contributed by atoms with Crippen LogP contribution in [0.4, 0.5) is 13.2 Å². The molecule has 1 heterocycles. The van der Waals surface area contributed by atoms with E-state index in [1.807, 2.05) is 0 Å². The molecule has 3 aliphatic rings. The van der Waals surface area contributed by atoms with E-state index in [-0.39, 0.29) is 11.5 Å². The van der Waals surface area contributed by atoms with Gasteiger partial charge in [-0.05, 0) is 26.2 Å². The van der Waals surface area contributed by atoms with Crippen molar-refractivity contribution in [2.24, 2.45) is 11.3 Å². The smallest absolute Gasteiger partial charge is 0.377 e. The van der Waals surface area contributed by atoms with Crippen LogP contribution in [0.25, 0.3) is 0 Å². The van der Waals surface area contributed by atoms with Crippen LogP contribution in [0.5, 0.6) is 0 Å². The molecule has 0 bridgehead atoms. The summed E-state index contributed by atoms with van der Waals surface area (Å²) in [6, 6.07) is -0.245. The van der Waals surface area contributed by atoms with Crippen LogP contribution in [0.1, 0.15) is 39.0 Å². The van der Waals surface area contributed by atoms with E-state index in [1.165, 1.54) is 6.42 Å². The van der Waals surface area contributed by atoms with E-state index in [1.54, 1.807) is 6.92 Å². The Hall–Kier alpha value is -0.290. The molecule has 0 radical (unpaired) electrons. The number of ether oxygens (including phenoxy) is 1. The average molecular weight is 263 g/mol. The zero-order valence-electron chi connectivity index (χ0n) is 10.6. The van der Waals surface area contributed by atoms with Crippen molar-refractivity contribution in [3.8, 4) is 0 Å². The highest BCUT2D eigenvalue weighted by Gasteiger charge is 2.66. The summed E-state index contributed by atoms with van der Waals surface area (Å²) >= 11 is 0. The minimum Gasteiger partial charge on any atom is -0.377 e. The van der Waals surface area contributed by atoms with Gasteiger partial charge in [-0.1, -0.05) is 6.42 Å². The average Bonchev–Trinajstić information content (AvgIpc) is 2.54. The van der Waals surface area contributed by atoms with E-state index in [2.05, 4.69) is 5.32 Å². The summed E-state index contributed by atoms with van der Waals surface area (Å²) in [5.74, 6) is 0.445. The van der Waals surface area contributed by atoms with Gasteiger partial charge < -0.3 is 10.1 Å². The summed E-state index contributed by atoms with van der Waals surface area (Å²) in [5.41, 5.74) is 0.168. The summed E-state index contributed by atoms with van der Waals surface area (Å²) in [6.45, 7) is 2.42. The summed E-state index contributed by atoms with van der Waals surface area (Å²) < 4.78 is 42.9. The summed E-state index contributed by atoms with van der Waals surface area (Å²) in [5, 5.41) is 3.24. The first-order valence-corrected chi connectivity index (χ1v) is 6.87. The SMILES string of the molecule is CC(CC(F)(F)F)NC1C2CCOC2C12CCC2. The van der Waals surface area contributed by atoms with E-state index < -0.39 is 18.6 Å². The van der Waals surface area contributed by atoms with Crippen LogP contribution in [0.2, 0.25) is 0 Å². The van der Waals surface area contributed by atoms with Crippen molar-refractivity contribution in [2.45, 2.75) is 63.4 Å². The third-order valence-corrected chi connectivity index (χ3v) is 5.04. The highest BCUT2D eigenvalue weighted by atomic mass is 19.4. The Bertz CT molecular complexity index is 327. The topological polar surface area (TPSA) is 21.3 Å². The van der Waals surface area contributed by atoms with Gasteiger partial charge in [-0.2, -0.15) is 13.2 Å². The molecule has 2 saturated carbocycles. The summed E-state index contributed by atoms with van der Waals surface area (Å²) in [4.78, 5) is 0. The summed E-state index contributed by atoms with van der Waals surface area (Å²) in [7, 11) is 0. The number of alkyl halides is 3. The lowest BCUT2D eigenvalue weighted by Crippen LogP contribution is -2.72. The number of hydrogen-bond donors (Lipinski definition) is 1. The Morgan fingerprint density at radius 1 is 1.39 bits per heavy atom. The van der Waals surface area contributed by atoms with Crippen LogP contribution in [0, 0.1) is 11.3 Å². The molecule has 0 aromatic rings. The maximum absolute atomic E-state index is 12.4. The highest BCUT2D eigenvalue weighted by Crippen LogP contribution is 2.62. The predicted octanol–water partition coefficient (Wildman–Crippen LogP) is 2.87. The van der Waals surface area contributed by atoms with Gasteiger partial charge in [-0.15, -0.1) is 0 Å². The van der Waals surface area contributed by atoms with Gasteiger partial charge in [0.2, 0.25) is 0 Å². The molecule has 2 aliphatic carbocycles. The minimum absolute atomic E-state index is 0.168. The lowest BCUT2D eigenvalue weighted by Gasteiger charge is -2.64. The fourth-order valence-electron chi connectivity index (χ4n) is 4.21. The van der Waals surface area contributed by atoms with Crippen LogP contribution in [-0.2, 0) is 4.74 Å². The molecule has 1 saturated heterocycles. The number of halogens is 3. The molecule has 3 rings (SSSR count). The van der Waals surface area contributed by atoms with Crippen molar-refractivity contribution in [1.29, 1.82) is 0 Å². The van der Waals surface area contributed by atoms with Gasteiger partial charge >= 0.3 is 6.18 Å². The molecule has 2 nitrogen and oxygen atoms in total. The second kappa shape index (κ2) is 4.10. The van der Waals surface area contributed by atoms with Crippen LogP contribution in [0.3, 0.4) is 0 Å². The van der Waals surface area contributed by atoms with Gasteiger partial charge in [0.05, 0.1) is 12.5 Å². The van der Waals surface area contributed by atoms with Crippen LogP contribution in [0.15, 0.2) is 0 Å². The van der Waals surface area contributed by atoms with Gasteiger partial charge in [0, 0.05) is 30.0 Å². The third-order valence-electron chi connectivity index (χ3n) is 5.04. The lowest BCUT2D eigenvalue weighted by atomic mass is 9.46. The molecule has 4 atom stereocenters. The van der Waals surface area contributed by atoms with Crippen molar-refractivity contribution in [3.63, 3.8) is 0 Å². The minimum atomic E-state index is -4.07. The molecule has 0 aromatic heterocycles. The Labute approximate surface area is 105 Å². The normalized spacial score (nSPS) is 39.0. The highest BCUT2D eigenvalue weighted by molar-refractivity contribution is 5.18. The van der Waals surface area contributed by atoms with Gasteiger partial charge in [-0.25, -0.2) is 0 Å². The number of rotatable bonds is 3. The van der Waals surface area contributed by atoms with Crippen molar-refractivity contribution in [1.82, 2.24) is 5.32 Å². The Morgan fingerprint density at radius 2 is 2.11 bits per heavy atom. The first-order valence-electron chi connectivity index (χ1n) is 6.87. The predicted molar refractivity (Wildman–Crippen MR) is 61.2 cm³/mol. The molecule has 0 aromatic carbocycles. The largest absolute Gasteiger partial charge is 0.390 e. The quantitative estimate of drug-likeness (QED) is 0.845. The number of hydrogen-bond acceptors (Lipinski definition) is 2. The van der Waals surface area contributed by atoms with Gasteiger partial charge in [-0.3, -0.25) is 0 Å². The van der Waals surface area contributed by atoms with Crippen LogP contribution in [-0.4, -0.2) is 31.0 Å². The molecule has 0 amide bonds. The molecule has 4 unspecified atom stereocenters. The lowest BCUT2D eigenvalue weighted by molar-refractivity contribution is -0.183. The van der Waals surface area contributed by atoms with Crippen LogP contribution >= 0.6 is 0 Å². The third kappa shape index (κ3) is 1.86. The molecule has 5 heteroatoms. The zero-order valence-corrected chi connectivity index (χ0v) is 10.6. The molecule has 3 fully saturated rings. The van der Waals surface area contributed by atoms with E-state index >= 15 is 0 Å². The van der Waals surface area contributed by atoms with E-state index in [0.717, 1.165) is 25.9 Å². The molecular formula is C13H20F3NO. The van der Waals surface area contributed by atoms with E-state index in [0.29, 0.717) is 12.0 Å². The monoisotopic (exact) mass is 263 g/mol. The Balaban J connectivity index is 1.62. The number of fused-ring (bicyclic) bond motifs is 2. The Morgan fingerprint density at radius 3 is 2.67 bits per heavy atom. The van der Waals surface area contributed by atoms with E-state index in [4.69, 9.17) is 4.74 Å². The summed E-state index contributed by atoms with van der Waals surface area (Å²) in [6.07, 6.45) is -0.0650. The van der Waals surface area contributed by atoms with Gasteiger partial charge in [0.25, 0.3) is 0 Å². The van der Waals surface area contributed by atoms with Crippen LogP contribution < -0.4 is 5.32 Å². The maximum atomic E-state index is 12.4. The molecule has 1 N–H and O–H groups in total. The van der Waals surface area contributed by atoms with E-state index in [9.17, 15) is 13.2 Å². The van der Waals surface area contributed by atoms with Crippen molar-refractivity contribution in [2.75, 3.05) is 6.61 Å². The van der Waals surface area contributed by atoms with Gasteiger partial charge in [0.15, 0.2) is 0 Å². The fraction of sp³-hybridized carbons (Fsp3) is 1.00. The van der Waals surface area contributed by atoms with Gasteiger partial charge in [0.1, 0.15) is 0 Å². The first-order chi connectivity index (χ1) is 8.42. The fourth-order valence-corrected chi connectivity index (χ4v) is 4.21.